The maximum atomic E-state index is 12.5. The highest BCUT2D eigenvalue weighted by Gasteiger charge is 2.33. The first kappa shape index (κ1) is 16.1. The molecule has 1 unspecified atom stereocenters. The van der Waals surface area contributed by atoms with Gasteiger partial charge in [-0.3, -0.25) is 4.79 Å². The summed E-state index contributed by atoms with van der Waals surface area (Å²) in [5.74, 6) is 0.474. The van der Waals surface area contributed by atoms with Crippen LogP contribution in [0.4, 0.5) is 4.79 Å². The molecule has 6 heteroatoms. The molecule has 0 radical (unpaired) electrons. The van der Waals surface area contributed by atoms with Crippen LogP contribution in [0, 0.1) is 11.8 Å². The molecule has 1 heterocycles. The van der Waals surface area contributed by atoms with E-state index in [1.54, 1.807) is 28.8 Å². The number of carbonyl (C=O) groups is 2. The molecule has 1 aliphatic carbocycles. The van der Waals surface area contributed by atoms with Crippen molar-refractivity contribution in [3.8, 4) is 0 Å². The SMILES string of the molecule is CN(C)C(=O)N1CCCC(C(=O)N(C)CC2CC(O)C2)C1. The van der Waals surface area contributed by atoms with Crippen molar-refractivity contribution in [2.45, 2.75) is 31.8 Å². The fourth-order valence-electron chi connectivity index (χ4n) is 3.27. The highest BCUT2D eigenvalue weighted by molar-refractivity contribution is 5.80. The van der Waals surface area contributed by atoms with E-state index in [0.717, 1.165) is 32.2 Å². The van der Waals surface area contributed by atoms with Gasteiger partial charge in [-0.2, -0.15) is 0 Å². The Kier molecular flexibility index (Phi) is 5.08. The lowest BCUT2D eigenvalue weighted by atomic mass is 9.82. The van der Waals surface area contributed by atoms with E-state index < -0.39 is 0 Å². The highest BCUT2D eigenvalue weighted by Crippen LogP contribution is 2.28. The highest BCUT2D eigenvalue weighted by atomic mass is 16.3. The molecule has 120 valence electrons. The third kappa shape index (κ3) is 3.87. The van der Waals surface area contributed by atoms with Crippen LogP contribution in [0.2, 0.25) is 0 Å². The number of rotatable bonds is 3. The number of piperidine rings is 1. The normalized spacial score (nSPS) is 28.8. The van der Waals surface area contributed by atoms with Gasteiger partial charge in [0.25, 0.3) is 0 Å². The van der Waals surface area contributed by atoms with E-state index in [9.17, 15) is 14.7 Å². The Morgan fingerprint density at radius 3 is 2.48 bits per heavy atom. The lowest BCUT2D eigenvalue weighted by Gasteiger charge is -2.38. The van der Waals surface area contributed by atoms with Crippen molar-refractivity contribution >= 4 is 11.9 Å². The molecule has 0 aromatic carbocycles. The van der Waals surface area contributed by atoms with Crippen molar-refractivity contribution in [2.75, 3.05) is 40.8 Å². The molecule has 1 N–H and O–H groups in total. The van der Waals surface area contributed by atoms with Crippen LogP contribution in [0.25, 0.3) is 0 Å². The summed E-state index contributed by atoms with van der Waals surface area (Å²) >= 11 is 0. The zero-order valence-electron chi connectivity index (χ0n) is 13.3. The van der Waals surface area contributed by atoms with E-state index in [1.165, 1.54) is 0 Å². The molecule has 0 aromatic heterocycles. The zero-order chi connectivity index (χ0) is 15.6. The van der Waals surface area contributed by atoms with Crippen LogP contribution in [0.5, 0.6) is 0 Å². The Labute approximate surface area is 126 Å². The van der Waals surface area contributed by atoms with Crippen LogP contribution >= 0.6 is 0 Å². The largest absolute Gasteiger partial charge is 0.393 e. The number of hydrogen-bond donors (Lipinski definition) is 1. The molecule has 6 nitrogen and oxygen atoms in total. The van der Waals surface area contributed by atoms with Gasteiger partial charge < -0.3 is 19.8 Å². The second kappa shape index (κ2) is 6.64. The summed E-state index contributed by atoms with van der Waals surface area (Å²) in [6.07, 6.45) is 3.15. The number of aliphatic hydroxyl groups excluding tert-OH is 1. The second-order valence-electron chi connectivity index (χ2n) is 6.67. The Morgan fingerprint density at radius 2 is 1.90 bits per heavy atom. The van der Waals surface area contributed by atoms with Crippen molar-refractivity contribution in [3.63, 3.8) is 0 Å². The van der Waals surface area contributed by atoms with Crippen LogP contribution in [-0.2, 0) is 4.79 Å². The summed E-state index contributed by atoms with van der Waals surface area (Å²) in [5.41, 5.74) is 0. The van der Waals surface area contributed by atoms with E-state index in [2.05, 4.69) is 0 Å². The number of amides is 3. The van der Waals surface area contributed by atoms with E-state index in [4.69, 9.17) is 0 Å². The molecule has 21 heavy (non-hydrogen) atoms. The average molecular weight is 297 g/mol. The van der Waals surface area contributed by atoms with Gasteiger partial charge in [0, 0.05) is 40.8 Å². The Balaban J connectivity index is 1.85. The van der Waals surface area contributed by atoms with Crippen molar-refractivity contribution in [1.82, 2.24) is 14.7 Å². The number of likely N-dealkylation sites (tertiary alicyclic amines) is 1. The number of urea groups is 1. The van der Waals surface area contributed by atoms with Gasteiger partial charge in [0.2, 0.25) is 5.91 Å². The molecular formula is C15H27N3O3. The van der Waals surface area contributed by atoms with Crippen molar-refractivity contribution in [3.05, 3.63) is 0 Å². The van der Waals surface area contributed by atoms with Crippen LogP contribution in [0.15, 0.2) is 0 Å². The molecule has 0 aromatic rings. The number of aliphatic hydroxyl groups is 1. The minimum absolute atomic E-state index is 0.0164. The molecule has 1 atom stereocenters. The topological polar surface area (TPSA) is 64.1 Å². The van der Waals surface area contributed by atoms with Crippen molar-refractivity contribution < 1.29 is 14.7 Å². The van der Waals surface area contributed by atoms with Crippen molar-refractivity contribution in [1.29, 1.82) is 0 Å². The van der Waals surface area contributed by atoms with Gasteiger partial charge in [0.05, 0.1) is 12.0 Å². The van der Waals surface area contributed by atoms with Gasteiger partial charge in [-0.25, -0.2) is 4.79 Å². The Bertz CT molecular complexity index is 394. The van der Waals surface area contributed by atoms with E-state index in [-0.39, 0.29) is 24.0 Å². The fraction of sp³-hybridized carbons (Fsp3) is 0.867. The first-order valence-corrected chi connectivity index (χ1v) is 7.77. The van der Waals surface area contributed by atoms with Gasteiger partial charge in [-0.1, -0.05) is 0 Å². The second-order valence-corrected chi connectivity index (χ2v) is 6.67. The molecule has 1 saturated heterocycles. The standard InChI is InChI=1S/C15H27N3O3/c1-16(2)15(21)18-6-4-5-12(10-18)14(20)17(3)9-11-7-13(19)8-11/h11-13,19H,4-10H2,1-3H3. The molecule has 0 spiro atoms. The third-order valence-corrected chi connectivity index (χ3v) is 4.54. The first-order chi connectivity index (χ1) is 9.88. The smallest absolute Gasteiger partial charge is 0.319 e. The molecule has 2 rings (SSSR count). The molecular weight excluding hydrogens is 270 g/mol. The zero-order valence-corrected chi connectivity index (χ0v) is 13.3. The number of carbonyl (C=O) groups excluding carboxylic acids is 2. The summed E-state index contributed by atoms with van der Waals surface area (Å²) in [6.45, 7) is 1.97. The minimum atomic E-state index is -0.179. The predicted molar refractivity (Wildman–Crippen MR) is 79.7 cm³/mol. The molecule has 2 aliphatic rings. The lowest BCUT2D eigenvalue weighted by molar-refractivity contribution is -0.137. The van der Waals surface area contributed by atoms with Crippen LogP contribution < -0.4 is 0 Å². The molecule has 0 bridgehead atoms. The fourth-order valence-corrected chi connectivity index (χ4v) is 3.27. The predicted octanol–water partition coefficient (Wildman–Crippen LogP) is 0.609. The van der Waals surface area contributed by atoms with Gasteiger partial charge >= 0.3 is 6.03 Å². The van der Waals surface area contributed by atoms with Crippen molar-refractivity contribution in [2.24, 2.45) is 11.8 Å². The first-order valence-electron chi connectivity index (χ1n) is 7.77. The van der Waals surface area contributed by atoms with Gasteiger partial charge in [0.15, 0.2) is 0 Å². The summed E-state index contributed by atoms with van der Waals surface area (Å²) < 4.78 is 0. The minimum Gasteiger partial charge on any atom is -0.393 e. The summed E-state index contributed by atoms with van der Waals surface area (Å²) in [4.78, 5) is 29.6. The monoisotopic (exact) mass is 297 g/mol. The van der Waals surface area contributed by atoms with Gasteiger partial charge in [-0.15, -0.1) is 0 Å². The van der Waals surface area contributed by atoms with Crippen LogP contribution in [-0.4, -0.2) is 78.6 Å². The summed E-state index contributed by atoms with van der Waals surface area (Å²) in [5, 5.41) is 9.31. The van der Waals surface area contributed by atoms with E-state index >= 15 is 0 Å². The summed E-state index contributed by atoms with van der Waals surface area (Å²) in [6, 6.07) is -0.0164. The maximum Gasteiger partial charge on any atom is 0.319 e. The number of hydrogen-bond acceptors (Lipinski definition) is 3. The molecule has 1 saturated carbocycles. The third-order valence-electron chi connectivity index (χ3n) is 4.54. The average Bonchev–Trinajstić information content (AvgIpc) is 2.43. The van der Waals surface area contributed by atoms with Gasteiger partial charge in [-0.05, 0) is 31.6 Å². The maximum absolute atomic E-state index is 12.5. The molecule has 1 aliphatic heterocycles. The molecule has 2 fully saturated rings. The quantitative estimate of drug-likeness (QED) is 0.830. The Hall–Kier alpha value is -1.30. The van der Waals surface area contributed by atoms with Gasteiger partial charge in [0.1, 0.15) is 0 Å². The Morgan fingerprint density at radius 1 is 1.24 bits per heavy atom. The van der Waals surface area contributed by atoms with Crippen LogP contribution in [0.3, 0.4) is 0 Å². The molecule has 3 amide bonds. The van der Waals surface area contributed by atoms with E-state index in [1.807, 2.05) is 7.05 Å². The summed E-state index contributed by atoms with van der Waals surface area (Å²) in [7, 11) is 5.31. The lowest BCUT2D eigenvalue weighted by Crippen LogP contribution is -2.49. The number of nitrogens with zero attached hydrogens (tertiary/aromatic N) is 3. The van der Waals surface area contributed by atoms with Crippen LogP contribution in [0.1, 0.15) is 25.7 Å². The van der Waals surface area contributed by atoms with E-state index in [0.29, 0.717) is 19.0 Å².